The molecule has 0 bridgehead atoms. The van der Waals surface area contributed by atoms with Crippen molar-refractivity contribution in [3.8, 4) is 5.75 Å². The molecule has 6 nitrogen and oxygen atoms in total. The Morgan fingerprint density at radius 3 is 2.70 bits per heavy atom. The average Bonchev–Trinajstić information content (AvgIpc) is 3.26. The molecule has 3 heterocycles. The fraction of sp³-hybridized carbons (Fsp3) is 0.444. The Labute approximate surface area is 195 Å². The number of nitrogens with zero attached hydrogens (tertiary/aromatic N) is 3. The molecule has 3 aromatic rings. The molecule has 0 atom stereocenters. The second-order valence-corrected chi connectivity index (χ2v) is 9.45. The lowest BCUT2D eigenvalue weighted by atomic mass is 9.93. The molecule has 0 saturated carbocycles. The van der Waals surface area contributed by atoms with Gasteiger partial charge in [-0.25, -0.2) is 0 Å². The van der Waals surface area contributed by atoms with Crippen molar-refractivity contribution < 1.29 is 9.53 Å². The first-order chi connectivity index (χ1) is 16.0. The summed E-state index contributed by atoms with van der Waals surface area (Å²) in [6.07, 6.45) is 7.75. The quantitative estimate of drug-likeness (QED) is 0.621. The molecule has 1 saturated heterocycles. The highest BCUT2D eigenvalue weighted by Gasteiger charge is 2.24. The maximum absolute atomic E-state index is 11.6. The summed E-state index contributed by atoms with van der Waals surface area (Å²) in [6, 6.07) is 12.7. The zero-order valence-corrected chi connectivity index (χ0v) is 19.7. The fourth-order valence-corrected chi connectivity index (χ4v) is 5.69. The van der Waals surface area contributed by atoms with E-state index in [1.54, 1.807) is 7.11 Å². The summed E-state index contributed by atoms with van der Waals surface area (Å²) in [7, 11) is 3.98. The summed E-state index contributed by atoms with van der Waals surface area (Å²) < 4.78 is 8.09. The summed E-state index contributed by atoms with van der Waals surface area (Å²) in [5.41, 5.74) is 11.4. The van der Waals surface area contributed by atoms with Gasteiger partial charge in [-0.1, -0.05) is 6.07 Å². The van der Waals surface area contributed by atoms with E-state index in [0.29, 0.717) is 11.6 Å². The summed E-state index contributed by atoms with van der Waals surface area (Å²) in [5, 5.41) is 1.16. The Morgan fingerprint density at radius 2 is 1.94 bits per heavy atom. The highest BCUT2D eigenvalue weighted by Crippen LogP contribution is 2.35. The van der Waals surface area contributed by atoms with Crippen LogP contribution >= 0.6 is 0 Å². The molecule has 5 rings (SSSR count). The first-order valence-electron chi connectivity index (χ1n) is 12.1. The number of anilines is 1. The molecule has 174 valence electrons. The lowest BCUT2D eigenvalue weighted by Gasteiger charge is -2.34. The molecule has 0 aliphatic carbocycles. The first kappa shape index (κ1) is 21.8. The highest BCUT2D eigenvalue weighted by molar-refractivity contribution is 5.97. The Morgan fingerprint density at radius 1 is 1.12 bits per heavy atom. The number of carbonyl (C=O) groups excluding carboxylic acids is 1. The molecule has 2 aliphatic heterocycles. The van der Waals surface area contributed by atoms with Gasteiger partial charge in [0, 0.05) is 67.8 Å². The van der Waals surface area contributed by atoms with E-state index in [1.807, 2.05) is 18.2 Å². The molecule has 1 aromatic heterocycles. The summed E-state index contributed by atoms with van der Waals surface area (Å²) >= 11 is 0. The number of hydrogen-bond acceptors (Lipinski definition) is 4. The van der Waals surface area contributed by atoms with Gasteiger partial charge in [-0.15, -0.1) is 0 Å². The van der Waals surface area contributed by atoms with E-state index in [1.165, 1.54) is 23.2 Å². The van der Waals surface area contributed by atoms with Crippen molar-refractivity contribution >= 4 is 22.5 Å². The van der Waals surface area contributed by atoms with Crippen molar-refractivity contribution in [1.82, 2.24) is 9.47 Å². The maximum Gasteiger partial charge on any atom is 0.248 e. The molecular weight excluding hydrogens is 412 g/mol. The predicted molar refractivity (Wildman–Crippen MR) is 133 cm³/mol. The number of aromatic nitrogens is 1. The van der Waals surface area contributed by atoms with E-state index in [9.17, 15) is 4.79 Å². The van der Waals surface area contributed by atoms with E-state index >= 15 is 0 Å². The molecule has 33 heavy (non-hydrogen) atoms. The highest BCUT2D eigenvalue weighted by atomic mass is 16.5. The van der Waals surface area contributed by atoms with Crippen LogP contribution in [0.5, 0.6) is 5.75 Å². The predicted octanol–water partition coefficient (Wildman–Crippen LogP) is 4.01. The van der Waals surface area contributed by atoms with Crippen LogP contribution in [-0.4, -0.2) is 55.7 Å². The van der Waals surface area contributed by atoms with Crippen molar-refractivity contribution in [2.24, 2.45) is 5.73 Å². The van der Waals surface area contributed by atoms with Crippen molar-refractivity contribution in [3.63, 3.8) is 0 Å². The van der Waals surface area contributed by atoms with Crippen LogP contribution in [0.3, 0.4) is 0 Å². The van der Waals surface area contributed by atoms with Crippen molar-refractivity contribution in [2.45, 2.75) is 38.1 Å². The zero-order chi connectivity index (χ0) is 22.9. The monoisotopic (exact) mass is 446 g/mol. The topological polar surface area (TPSA) is 63.7 Å². The lowest BCUT2D eigenvalue weighted by Crippen LogP contribution is -2.36. The summed E-state index contributed by atoms with van der Waals surface area (Å²) in [5.74, 6) is 0.659. The number of likely N-dealkylation sites (tertiary alicyclic amines) is 1. The molecule has 1 fully saturated rings. The molecule has 1 amide bonds. The minimum atomic E-state index is -0.371. The van der Waals surface area contributed by atoms with Gasteiger partial charge >= 0.3 is 0 Å². The Kier molecular flexibility index (Phi) is 6.02. The van der Waals surface area contributed by atoms with Gasteiger partial charge in [0.25, 0.3) is 0 Å². The molecule has 2 aromatic carbocycles. The number of amides is 1. The summed E-state index contributed by atoms with van der Waals surface area (Å²) in [6.45, 7) is 4.34. The Balaban J connectivity index is 1.26. The third-order valence-corrected chi connectivity index (χ3v) is 7.55. The number of rotatable bonds is 6. The number of methoxy groups -OCH3 is 1. The van der Waals surface area contributed by atoms with Gasteiger partial charge in [0.1, 0.15) is 5.75 Å². The fourth-order valence-electron chi connectivity index (χ4n) is 5.69. The summed E-state index contributed by atoms with van der Waals surface area (Å²) in [4.78, 5) is 16.6. The lowest BCUT2D eigenvalue weighted by molar-refractivity contribution is 0.100. The van der Waals surface area contributed by atoms with Crippen LogP contribution in [0.2, 0.25) is 0 Å². The van der Waals surface area contributed by atoms with Crippen LogP contribution in [0, 0.1) is 0 Å². The van der Waals surface area contributed by atoms with Gasteiger partial charge in [0.2, 0.25) is 5.91 Å². The van der Waals surface area contributed by atoms with Crippen LogP contribution in [0.1, 0.15) is 46.8 Å². The van der Waals surface area contributed by atoms with E-state index in [2.05, 4.69) is 45.8 Å². The number of carbonyl (C=O) groups is 1. The van der Waals surface area contributed by atoms with Crippen LogP contribution < -0.4 is 15.4 Å². The van der Waals surface area contributed by atoms with Crippen LogP contribution in [-0.2, 0) is 12.8 Å². The molecule has 6 heteroatoms. The molecule has 2 aliphatic rings. The van der Waals surface area contributed by atoms with Gasteiger partial charge in [0.15, 0.2) is 0 Å². The number of primary amides is 1. The second-order valence-electron chi connectivity index (χ2n) is 9.45. The number of ether oxygens (including phenoxy) is 1. The third kappa shape index (κ3) is 4.20. The number of fused-ring (bicyclic) bond motifs is 2. The normalized spacial score (nSPS) is 17.3. The van der Waals surface area contributed by atoms with Gasteiger partial charge in [0.05, 0.1) is 7.11 Å². The van der Waals surface area contributed by atoms with Crippen LogP contribution in [0.25, 0.3) is 10.9 Å². The second kappa shape index (κ2) is 9.10. The Bertz CT molecular complexity index is 1160. The average molecular weight is 447 g/mol. The van der Waals surface area contributed by atoms with Gasteiger partial charge in [-0.3, -0.25) is 4.79 Å². The number of benzene rings is 2. The first-order valence-corrected chi connectivity index (χ1v) is 12.1. The van der Waals surface area contributed by atoms with E-state index in [4.69, 9.17) is 10.5 Å². The van der Waals surface area contributed by atoms with Crippen molar-refractivity contribution in [1.29, 1.82) is 0 Å². The van der Waals surface area contributed by atoms with Gasteiger partial charge < -0.3 is 24.8 Å². The van der Waals surface area contributed by atoms with Crippen LogP contribution in [0.15, 0.2) is 42.6 Å². The van der Waals surface area contributed by atoms with Gasteiger partial charge in [-0.05, 0) is 73.4 Å². The molecule has 0 spiro atoms. The van der Waals surface area contributed by atoms with Crippen LogP contribution in [0.4, 0.5) is 5.69 Å². The van der Waals surface area contributed by atoms with Crippen molar-refractivity contribution in [2.75, 3.05) is 45.2 Å². The number of piperidine rings is 1. The number of hydrogen-bond donors (Lipinski definition) is 1. The molecule has 2 N–H and O–H groups in total. The largest absolute Gasteiger partial charge is 0.496 e. The van der Waals surface area contributed by atoms with E-state index in [0.717, 1.165) is 68.5 Å². The zero-order valence-electron chi connectivity index (χ0n) is 19.7. The Hall–Kier alpha value is -2.99. The minimum Gasteiger partial charge on any atom is -0.496 e. The molecular formula is C27H34N4O2. The third-order valence-electron chi connectivity index (χ3n) is 7.55. The maximum atomic E-state index is 11.6. The SMILES string of the molecule is COc1ccc2c(c1CCN1CCC(n3ccc4ccc(C(N)=O)cc43)CC1)CCCN2C. The molecule has 0 unspecified atom stereocenters. The van der Waals surface area contributed by atoms with Gasteiger partial charge in [-0.2, -0.15) is 0 Å². The van der Waals surface area contributed by atoms with E-state index in [-0.39, 0.29) is 5.91 Å². The van der Waals surface area contributed by atoms with E-state index < -0.39 is 0 Å². The minimum absolute atomic E-state index is 0.371. The standard InChI is InChI=1S/C27H34N4O2/c1-29-13-3-4-22-23(26(33-2)8-7-24(22)29)12-16-30-14-10-21(11-15-30)31-17-9-19-5-6-20(27(28)32)18-25(19)31/h5-9,17-18,21H,3-4,10-16H2,1-2H3,(H2,28,32). The molecule has 0 radical (unpaired) electrons. The smallest absolute Gasteiger partial charge is 0.248 e. The number of nitrogens with two attached hydrogens (primary N) is 1. The van der Waals surface area contributed by atoms with Crippen molar-refractivity contribution in [3.05, 3.63) is 59.3 Å².